The molecule has 1 unspecified atom stereocenters. The van der Waals surface area contributed by atoms with Crippen LogP contribution in [0.2, 0.25) is 0 Å². The second kappa shape index (κ2) is 7.43. The van der Waals surface area contributed by atoms with Gasteiger partial charge in [0.1, 0.15) is 0 Å². The van der Waals surface area contributed by atoms with Gasteiger partial charge in [0.25, 0.3) is 0 Å². The fourth-order valence-electron chi connectivity index (χ4n) is 3.68. The van der Waals surface area contributed by atoms with E-state index >= 15 is 0 Å². The minimum atomic E-state index is -3.49. The van der Waals surface area contributed by atoms with Gasteiger partial charge in [-0.15, -0.1) is 0 Å². The summed E-state index contributed by atoms with van der Waals surface area (Å²) in [7, 11) is -3.49. The first-order valence-electron chi connectivity index (χ1n) is 8.96. The van der Waals surface area contributed by atoms with Crippen molar-refractivity contribution in [2.24, 2.45) is 5.92 Å². The molecule has 0 aromatic heterocycles. The summed E-state index contributed by atoms with van der Waals surface area (Å²) in [5, 5.41) is 6.31. The molecule has 0 aliphatic carbocycles. The number of nitrogens with one attached hydrogen (secondary N) is 2. The first kappa shape index (κ1) is 18.4. The maximum Gasteiger partial charge on any atom is 0.243 e. The topological polar surface area (TPSA) is 78.5 Å². The lowest BCUT2D eigenvalue weighted by Crippen LogP contribution is -2.45. The van der Waals surface area contributed by atoms with Crippen molar-refractivity contribution < 1.29 is 13.2 Å². The quantitative estimate of drug-likeness (QED) is 0.840. The van der Waals surface area contributed by atoms with E-state index in [0.29, 0.717) is 30.8 Å². The Kier molecular flexibility index (Phi) is 5.46. The molecule has 25 heavy (non-hydrogen) atoms. The molecule has 2 saturated heterocycles. The minimum absolute atomic E-state index is 0.0669. The molecule has 6 nitrogen and oxygen atoms in total. The molecule has 2 aliphatic heterocycles. The van der Waals surface area contributed by atoms with Gasteiger partial charge in [-0.1, -0.05) is 17.7 Å². The highest BCUT2D eigenvalue weighted by Crippen LogP contribution is 2.26. The summed E-state index contributed by atoms with van der Waals surface area (Å²) in [5.74, 6) is -0.0246. The minimum Gasteiger partial charge on any atom is -0.352 e. The van der Waals surface area contributed by atoms with Gasteiger partial charge in [-0.2, -0.15) is 4.31 Å². The Hall–Kier alpha value is -1.44. The molecule has 138 valence electrons. The Morgan fingerprint density at radius 1 is 1.20 bits per heavy atom. The first-order valence-corrected chi connectivity index (χ1v) is 10.4. The molecule has 0 radical (unpaired) electrons. The number of carbonyl (C=O) groups excluding carboxylic acids is 1. The van der Waals surface area contributed by atoms with E-state index < -0.39 is 10.0 Å². The zero-order valence-corrected chi connectivity index (χ0v) is 15.7. The van der Waals surface area contributed by atoms with Crippen LogP contribution in [-0.2, 0) is 14.8 Å². The first-order chi connectivity index (χ1) is 11.9. The molecule has 0 saturated carbocycles. The highest BCUT2D eigenvalue weighted by Gasteiger charge is 2.33. The summed E-state index contributed by atoms with van der Waals surface area (Å²) in [5.41, 5.74) is 1.82. The maximum absolute atomic E-state index is 12.9. The summed E-state index contributed by atoms with van der Waals surface area (Å²) in [6.07, 6.45) is 2.12. The second-order valence-electron chi connectivity index (χ2n) is 7.15. The van der Waals surface area contributed by atoms with Crippen LogP contribution in [0.4, 0.5) is 0 Å². The highest BCUT2D eigenvalue weighted by atomic mass is 32.2. The molecule has 2 fully saturated rings. The molecule has 7 heteroatoms. The number of sulfonamides is 1. The van der Waals surface area contributed by atoms with Gasteiger partial charge in [0.15, 0.2) is 0 Å². The Labute approximate surface area is 150 Å². The SMILES string of the molecule is Cc1ccc(S(=O)(=O)N2CCC(C(=O)NC3CCNC3)CC2)c(C)c1. The molecule has 2 aliphatic rings. The molecule has 1 aromatic rings. The molecule has 2 heterocycles. The number of carbonyl (C=O) groups is 1. The van der Waals surface area contributed by atoms with Crippen molar-refractivity contribution in [3.8, 4) is 0 Å². The largest absolute Gasteiger partial charge is 0.352 e. The van der Waals surface area contributed by atoms with E-state index in [-0.39, 0.29) is 17.9 Å². The lowest BCUT2D eigenvalue weighted by atomic mass is 9.97. The maximum atomic E-state index is 12.9. The van der Waals surface area contributed by atoms with Crippen LogP contribution in [0.3, 0.4) is 0 Å². The predicted octanol–water partition coefficient (Wildman–Crippen LogP) is 1.18. The van der Waals surface area contributed by atoms with Gasteiger partial charge >= 0.3 is 0 Å². The number of hydrogen-bond donors (Lipinski definition) is 2. The molecule has 1 amide bonds. The van der Waals surface area contributed by atoms with Crippen LogP contribution in [0.5, 0.6) is 0 Å². The smallest absolute Gasteiger partial charge is 0.243 e. The van der Waals surface area contributed by atoms with E-state index in [4.69, 9.17) is 0 Å². The lowest BCUT2D eigenvalue weighted by molar-refractivity contribution is -0.126. The van der Waals surface area contributed by atoms with E-state index in [0.717, 1.165) is 30.6 Å². The molecule has 0 bridgehead atoms. The number of amides is 1. The van der Waals surface area contributed by atoms with E-state index in [1.807, 2.05) is 26.0 Å². The van der Waals surface area contributed by atoms with Gasteiger partial charge < -0.3 is 10.6 Å². The van der Waals surface area contributed by atoms with Crippen molar-refractivity contribution in [2.45, 2.75) is 44.0 Å². The summed E-state index contributed by atoms with van der Waals surface area (Å²) in [6, 6.07) is 5.62. The van der Waals surface area contributed by atoms with Crippen LogP contribution in [-0.4, -0.2) is 50.9 Å². The Morgan fingerprint density at radius 2 is 1.92 bits per heavy atom. The second-order valence-corrected chi connectivity index (χ2v) is 9.05. The molecule has 1 atom stereocenters. The summed E-state index contributed by atoms with van der Waals surface area (Å²) >= 11 is 0. The third kappa shape index (κ3) is 4.04. The lowest BCUT2D eigenvalue weighted by Gasteiger charge is -2.31. The predicted molar refractivity (Wildman–Crippen MR) is 96.8 cm³/mol. The van der Waals surface area contributed by atoms with Crippen LogP contribution in [0.15, 0.2) is 23.1 Å². The van der Waals surface area contributed by atoms with E-state index in [1.165, 1.54) is 4.31 Å². The molecular formula is C18H27N3O3S. The number of aryl methyl sites for hydroxylation is 2. The molecule has 0 spiro atoms. The van der Waals surface area contributed by atoms with Crippen LogP contribution in [0.25, 0.3) is 0 Å². The van der Waals surface area contributed by atoms with Crippen LogP contribution >= 0.6 is 0 Å². The Balaban J connectivity index is 1.62. The van der Waals surface area contributed by atoms with Crippen molar-refractivity contribution in [1.29, 1.82) is 0 Å². The molecule has 1 aromatic carbocycles. The van der Waals surface area contributed by atoms with Crippen molar-refractivity contribution in [3.63, 3.8) is 0 Å². The number of hydrogen-bond acceptors (Lipinski definition) is 4. The normalized spacial score (nSPS) is 22.9. The highest BCUT2D eigenvalue weighted by molar-refractivity contribution is 7.89. The van der Waals surface area contributed by atoms with Crippen molar-refractivity contribution >= 4 is 15.9 Å². The Bertz CT molecular complexity index is 734. The van der Waals surface area contributed by atoms with Gasteiger partial charge in [-0.05, 0) is 51.3 Å². The molecule has 3 rings (SSSR count). The third-order valence-corrected chi connectivity index (χ3v) is 7.24. The summed E-state index contributed by atoms with van der Waals surface area (Å²) < 4.78 is 27.3. The molecule has 2 N–H and O–H groups in total. The van der Waals surface area contributed by atoms with Gasteiger partial charge in [-0.3, -0.25) is 4.79 Å². The number of rotatable bonds is 4. The summed E-state index contributed by atoms with van der Waals surface area (Å²) in [6.45, 7) is 6.35. The van der Waals surface area contributed by atoms with E-state index in [1.54, 1.807) is 6.07 Å². The van der Waals surface area contributed by atoms with E-state index in [2.05, 4.69) is 10.6 Å². The van der Waals surface area contributed by atoms with E-state index in [9.17, 15) is 13.2 Å². The zero-order valence-electron chi connectivity index (χ0n) is 14.9. The average molecular weight is 365 g/mol. The monoisotopic (exact) mass is 365 g/mol. The fraction of sp³-hybridized carbons (Fsp3) is 0.611. The standard InChI is InChI=1S/C18H27N3O3S/c1-13-3-4-17(14(2)11-13)25(23,24)21-9-6-15(7-10-21)18(22)20-16-5-8-19-12-16/h3-4,11,15-16,19H,5-10,12H2,1-2H3,(H,20,22). The number of benzene rings is 1. The van der Waals surface area contributed by atoms with Gasteiger partial charge in [0.2, 0.25) is 15.9 Å². The van der Waals surface area contributed by atoms with Crippen LogP contribution in [0.1, 0.15) is 30.4 Å². The zero-order chi connectivity index (χ0) is 18.0. The van der Waals surface area contributed by atoms with Crippen LogP contribution < -0.4 is 10.6 Å². The third-order valence-electron chi connectivity index (χ3n) is 5.18. The average Bonchev–Trinajstić information content (AvgIpc) is 3.07. The summed E-state index contributed by atoms with van der Waals surface area (Å²) in [4.78, 5) is 12.7. The Morgan fingerprint density at radius 3 is 2.52 bits per heavy atom. The van der Waals surface area contributed by atoms with Crippen LogP contribution in [0, 0.1) is 19.8 Å². The van der Waals surface area contributed by atoms with Gasteiger partial charge in [0, 0.05) is 31.6 Å². The number of piperidine rings is 1. The molecular weight excluding hydrogens is 338 g/mol. The van der Waals surface area contributed by atoms with Gasteiger partial charge in [-0.25, -0.2) is 8.42 Å². The number of nitrogens with zero attached hydrogens (tertiary/aromatic N) is 1. The van der Waals surface area contributed by atoms with Crippen molar-refractivity contribution in [1.82, 2.24) is 14.9 Å². The fourth-order valence-corrected chi connectivity index (χ4v) is 5.36. The van der Waals surface area contributed by atoms with Gasteiger partial charge in [0.05, 0.1) is 4.90 Å². The van der Waals surface area contributed by atoms with Crippen molar-refractivity contribution in [2.75, 3.05) is 26.2 Å². The van der Waals surface area contributed by atoms with Crippen molar-refractivity contribution in [3.05, 3.63) is 29.3 Å².